The third-order valence-electron chi connectivity index (χ3n) is 3.08. The van der Waals surface area contributed by atoms with Gasteiger partial charge in [0.15, 0.2) is 0 Å². The molecule has 0 saturated heterocycles. The van der Waals surface area contributed by atoms with Crippen molar-refractivity contribution in [3.63, 3.8) is 0 Å². The summed E-state index contributed by atoms with van der Waals surface area (Å²) in [4.78, 5) is 0. The fraction of sp³-hybridized carbons (Fsp3) is 0.250. The van der Waals surface area contributed by atoms with Crippen molar-refractivity contribution in [3.8, 4) is 0 Å². The number of benzene rings is 3. The molecule has 0 fully saturated rings. The normalized spacial score (nSPS) is 8.79. The average Bonchev–Trinajstić information content (AvgIpc) is 2.76. The smallest absolute Gasteiger partial charge is 0.0681 e. The monoisotopic (exact) mass is 474 g/mol. The summed E-state index contributed by atoms with van der Waals surface area (Å²) in [5, 5.41) is 33.7. The molecule has 156 valence electrons. The van der Waals surface area contributed by atoms with Crippen LogP contribution >= 0.6 is 0 Å². The summed E-state index contributed by atoms with van der Waals surface area (Å²) in [6, 6.07) is 28.6. The van der Waals surface area contributed by atoms with Crippen LogP contribution in [0.4, 0.5) is 0 Å². The summed E-state index contributed by atoms with van der Waals surface area (Å²) in [5.41, 5.74) is 2.90. The van der Waals surface area contributed by atoms with Crippen molar-refractivity contribution in [2.75, 3.05) is 0 Å². The summed E-state index contributed by atoms with van der Waals surface area (Å²) in [7, 11) is 0. The standard InChI is InChI=1S/3C7H8O.C3H8O.Zr/c3*8-6-7-4-2-1-3-5-7;1-3(2)4;/h3*1-5,8H,6H2;3-4H,1-2H3;. The average molecular weight is 476 g/mol. The third-order valence-corrected chi connectivity index (χ3v) is 3.08. The predicted molar refractivity (Wildman–Crippen MR) is 114 cm³/mol. The summed E-state index contributed by atoms with van der Waals surface area (Å²) in [5.74, 6) is 0. The Balaban J connectivity index is 0. The van der Waals surface area contributed by atoms with Crippen LogP contribution in [0.1, 0.15) is 30.5 Å². The van der Waals surface area contributed by atoms with E-state index in [9.17, 15) is 0 Å². The minimum absolute atomic E-state index is 0. The Morgan fingerprint density at radius 2 is 0.690 bits per heavy atom. The molecule has 0 amide bonds. The quantitative estimate of drug-likeness (QED) is 0.463. The zero-order valence-corrected chi connectivity index (χ0v) is 19.6. The van der Waals surface area contributed by atoms with Gasteiger partial charge >= 0.3 is 0 Å². The molecule has 0 bridgehead atoms. The van der Waals surface area contributed by atoms with E-state index in [1.807, 2.05) is 91.0 Å². The van der Waals surface area contributed by atoms with Gasteiger partial charge in [-0.1, -0.05) is 91.0 Å². The van der Waals surface area contributed by atoms with Gasteiger partial charge in [0.1, 0.15) is 0 Å². The van der Waals surface area contributed by atoms with Gasteiger partial charge in [0.25, 0.3) is 0 Å². The van der Waals surface area contributed by atoms with Crippen molar-refractivity contribution in [2.24, 2.45) is 0 Å². The van der Waals surface area contributed by atoms with E-state index in [1.165, 1.54) is 0 Å². The molecule has 0 saturated carbocycles. The van der Waals surface area contributed by atoms with Crippen LogP contribution in [0.3, 0.4) is 0 Å². The summed E-state index contributed by atoms with van der Waals surface area (Å²) < 4.78 is 0. The third kappa shape index (κ3) is 19.5. The van der Waals surface area contributed by atoms with Gasteiger partial charge in [0.2, 0.25) is 0 Å². The fourth-order valence-corrected chi connectivity index (χ4v) is 1.75. The Hall–Kier alpha value is -1.62. The first kappa shape index (κ1) is 29.6. The number of rotatable bonds is 3. The van der Waals surface area contributed by atoms with E-state index in [0.717, 1.165) is 16.7 Å². The van der Waals surface area contributed by atoms with Gasteiger partial charge in [-0.15, -0.1) is 0 Å². The van der Waals surface area contributed by atoms with Crippen LogP contribution in [-0.4, -0.2) is 26.5 Å². The predicted octanol–water partition coefficient (Wildman–Crippen LogP) is 3.92. The van der Waals surface area contributed by atoms with Crippen LogP contribution in [0.15, 0.2) is 91.0 Å². The van der Waals surface area contributed by atoms with Gasteiger partial charge in [-0.25, -0.2) is 0 Å². The van der Waals surface area contributed by atoms with E-state index < -0.39 is 0 Å². The number of aliphatic hydroxyl groups excluding tert-OH is 4. The van der Waals surface area contributed by atoms with Crippen molar-refractivity contribution in [3.05, 3.63) is 108 Å². The van der Waals surface area contributed by atoms with E-state index >= 15 is 0 Å². The van der Waals surface area contributed by atoms with E-state index in [4.69, 9.17) is 20.4 Å². The van der Waals surface area contributed by atoms with Gasteiger partial charge in [0, 0.05) is 32.3 Å². The largest absolute Gasteiger partial charge is 0.394 e. The Kier molecular flexibility index (Phi) is 21.5. The van der Waals surface area contributed by atoms with Crippen LogP contribution in [0.2, 0.25) is 0 Å². The number of hydrogen-bond donors (Lipinski definition) is 4. The van der Waals surface area contributed by atoms with E-state index in [0.29, 0.717) is 0 Å². The zero-order valence-electron chi connectivity index (χ0n) is 17.1. The molecule has 0 aliphatic carbocycles. The Morgan fingerprint density at radius 1 is 0.517 bits per heavy atom. The first-order chi connectivity index (χ1) is 13.5. The first-order valence-corrected chi connectivity index (χ1v) is 9.15. The maximum atomic E-state index is 8.54. The molecular weight excluding hydrogens is 443 g/mol. The molecule has 0 unspecified atom stereocenters. The Labute approximate surface area is 193 Å². The molecule has 0 heterocycles. The molecule has 0 aromatic heterocycles. The molecule has 0 aliphatic rings. The minimum Gasteiger partial charge on any atom is -0.394 e. The SMILES string of the molecule is CC(C)O.OCc1ccccc1.OCc1ccccc1.OCc1ccccc1.[Zr]. The van der Waals surface area contributed by atoms with Crippen molar-refractivity contribution in [1.82, 2.24) is 0 Å². The van der Waals surface area contributed by atoms with Crippen molar-refractivity contribution < 1.29 is 46.6 Å². The van der Waals surface area contributed by atoms with Crippen molar-refractivity contribution in [2.45, 2.75) is 39.8 Å². The second-order valence-corrected chi connectivity index (χ2v) is 6.02. The van der Waals surface area contributed by atoms with E-state index in [2.05, 4.69) is 0 Å². The van der Waals surface area contributed by atoms with Crippen LogP contribution in [0.5, 0.6) is 0 Å². The summed E-state index contributed by atoms with van der Waals surface area (Å²) in [6.45, 7) is 3.86. The number of aliphatic hydroxyl groups is 4. The molecule has 29 heavy (non-hydrogen) atoms. The summed E-state index contributed by atoms with van der Waals surface area (Å²) >= 11 is 0. The maximum absolute atomic E-state index is 8.54. The molecule has 4 N–H and O–H groups in total. The van der Waals surface area contributed by atoms with Crippen LogP contribution in [0.25, 0.3) is 0 Å². The summed E-state index contributed by atoms with van der Waals surface area (Å²) in [6.07, 6.45) is -0.167. The molecule has 0 radical (unpaired) electrons. The van der Waals surface area contributed by atoms with Crippen molar-refractivity contribution >= 4 is 0 Å². The second kappa shape index (κ2) is 21.1. The maximum Gasteiger partial charge on any atom is 0.0681 e. The zero-order chi connectivity index (χ0) is 21.0. The van der Waals surface area contributed by atoms with E-state index in [-0.39, 0.29) is 52.1 Å². The molecular formula is C24H32O4Zr. The van der Waals surface area contributed by atoms with Crippen LogP contribution < -0.4 is 0 Å². The minimum atomic E-state index is -0.167. The molecule has 3 aromatic rings. The van der Waals surface area contributed by atoms with Gasteiger partial charge in [-0.05, 0) is 30.5 Å². The van der Waals surface area contributed by atoms with Gasteiger partial charge in [0.05, 0.1) is 19.8 Å². The topological polar surface area (TPSA) is 80.9 Å². The molecule has 0 atom stereocenters. The van der Waals surface area contributed by atoms with Gasteiger partial charge in [-0.2, -0.15) is 0 Å². The molecule has 3 rings (SSSR count). The van der Waals surface area contributed by atoms with Gasteiger partial charge in [-0.3, -0.25) is 0 Å². The molecule has 4 nitrogen and oxygen atoms in total. The van der Waals surface area contributed by atoms with Crippen molar-refractivity contribution in [1.29, 1.82) is 0 Å². The Bertz CT molecular complexity index is 580. The van der Waals surface area contributed by atoms with Crippen LogP contribution in [0, 0.1) is 0 Å². The molecule has 0 aliphatic heterocycles. The number of hydrogen-bond acceptors (Lipinski definition) is 4. The second-order valence-electron chi connectivity index (χ2n) is 6.02. The van der Waals surface area contributed by atoms with Gasteiger partial charge < -0.3 is 20.4 Å². The molecule has 5 heteroatoms. The molecule has 0 spiro atoms. The fourth-order valence-electron chi connectivity index (χ4n) is 1.75. The first-order valence-electron chi connectivity index (χ1n) is 9.15. The van der Waals surface area contributed by atoms with Crippen LogP contribution in [-0.2, 0) is 46.0 Å². The Morgan fingerprint density at radius 3 is 0.793 bits per heavy atom. The van der Waals surface area contributed by atoms with E-state index in [1.54, 1.807) is 13.8 Å². The molecule has 3 aromatic carbocycles.